The summed E-state index contributed by atoms with van der Waals surface area (Å²) in [5.41, 5.74) is 0. The average molecular weight is 328 g/mol. The van der Waals surface area contributed by atoms with Crippen molar-refractivity contribution in [3.05, 3.63) is 16.2 Å². The second-order valence-corrected chi connectivity index (χ2v) is 8.30. The predicted molar refractivity (Wildman–Crippen MR) is 90.3 cm³/mol. The zero-order valence-corrected chi connectivity index (χ0v) is 14.0. The highest BCUT2D eigenvalue weighted by molar-refractivity contribution is 7.99. The van der Waals surface area contributed by atoms with Crippen LogP contribution in [0.2, 0.25) is 5.28 Å². The van der Waals surface area contributed by atoms with Crippen LogP contribution in [0.1, 0.15) is 31.1 Å². The van der Waals surface area contributed by atoms with Gasteiger partial charge in [-0.05, 0) is 49.6 Å². The number of aryl methyl sites for hydroxylation is 1. The van der Waals surface area contributed by atoms with Crippen LogP contribution in [0.25, 0.3) is 10.2 Å². The molecule has 0 aliphatic heterocycles. The third-order valence-corrected chi connectivity index (χ3v) is 5.96. The monoisotopic (exact) mass is 327 g/mol. The third-order valence-electron chi connectivity index (χ3n) is 3.62. The SMILES string of the molecule is CCSC1CCC(Nc2nc(Cl)nc3sc(C)cc23)C1. The van der Waals surface area contributed by atoms with E-state index in [1.54, 1.807) is 11.3 Å². The van der Waals surface area contributed by atoms with Crippen LogP contribution in [0.3, 0.4) is 0 Å². The maximum atomic E-state index is 6.04. The van der Waals surface area contributed by atoms with Gasteiger partial charge in [-0.2, -0.15) is 11.8 Å². The summed E-state index contributed by atoms with van der Waals surface area (Å²) in [7, 11) is 0. The highest BCUT2D eigenvalue weighted by Crippen LogP contribution is 2.34. The quantitative estimate of drug-likeness (QED) is 0.823. The van der Waals surface area contributed by atoms with Crippen molar-refractivity contribution in [2.45, 2.75) is 44.4 Å². The maximum absolute atomic E-state index is 6.04. The molecule has 0 radical (unpaired) electrons. The topological polar surface area (TPSA) is 37.8 Å². The second kappa shape index (κ2) is 6.08. The highest BCUT2D eigenvalue weighted by Gasteiger charge is 2.25. The van der Waals surface area contributed by atoms with Gasteiger partial charge in [0.15, 0.2) is 0 Å². The van der Waals surface area contributed by atoms with Gasteiger partial charge in [0.2, 0.25) is 5.28 Å². The normalized spacial score (nSPS) is 22.6. The molecule has 0 spiro atoms. The van der Waals surface area contributed by atoms with Crippen molar-refractivity contribution in [1.29, 1.82) is 0 Å². The lowest BCUT2D eigenvalue weighted by atomic mass is 10.2. The Hall–Kier alpha value is -0.520. The Bertz CT molecular complexity index is 614. The van der Waals surface area contributed by atoms with Gasteiger partial charge in [0.05, 0.1) is 5.39 Å². The van der Waals surface area contributed by atoms with Crippen LogP contribution < -0.4 is 5.32 Å². The smallest absolute Gasteiger partial charge is 0.225 e. The molecule has 2 atom stereocenters. The lowest BCUT2D eigenvalue weighted by Crippen LogP contribution is -2.17. The van der Waals surface area contributed by atoms with Crippen LogP contribution in [-0.2, 0) is 0 Å². The first kappa shape index (κ1) is 14.4. The van der Waals surface area contributed by atoms with E-state index in [1.165, 1.54) is 29.9 Å². The Morgan fingerprint density at radius 2 is 2.30 bits per heavy atom. The fourth-order valence-corrected chi connectivity index (χ4v) is 5.02. The molecule has 2 heterocycles. The van der Waals surface area contributed by atoms with Crippen LogP contribution in [0, 0.1) is 6.92 Å². The molecule has 1 aliphatic carbocycles. The van der Waals surface area contributed by atoms with Crippen LogP contribution >= 0.6 is 34.7 Å². The summed E-state index contributed by atoms with van der Waals surface area (Å²) in [6, 6.07) is 2.65. The molecule has 1 saturated carbocycles. The van der Waals surface area contributed by atoms with Crippen molar-refractivity contribution in [3.8, 4) is 0 Å². The number of fused-ring (bicyclic) bond motifs is 1. The summed E-state index contributed by atoms with van der Waals surface area (Å²) < 4.78 is 0. The van der Waals surface area contributed by atoms with Crippen molar-refractivity contribution in [2.75, 3.05) is 11.1 Å². The summed E-state index contributed by atoms with van der Waals surface area (Å²) in [5, 5.41) is 5.80. The van der Waals surface area contributed by atoms with E-state index in [9.17, 15) is 0 Å². The van der Waals surface area contributed by atoms with Crippen LogP contribution in [-0.4, -0.2) is 27.0 Å². The molecule has 6 heteroatoms. The van der Waals surface area contributed by atoms with Gasteiger partial charge in [-0.25, -0.2) is 9.97 Å². The Balaban J connectivity index is 1.80. The molecule has 108 valence electrons. The molecule has 2 aromatic heterocycles. The lowest BCUT2D eigenvalue weighted by Gasteiger charge is -2.14. The molecule has 1 fully saturated rings. The van der Waals surface area contributed by atoms with Gasteiger partial charge in [-0.3, -0.25) is 0 Å². The van der Waals surface area contributed by atoms with Gasteiger partial charge in [0, 0.05) is 16.2 Å². The van der Waals surface area contributed by atoms with Crippen LogP contribution in [0.4, 0.5) is 5.82 Å². The molecule has 3 nitrogen and oxygen atoms in total. The summed E-state index contributed by atoms with van der Waals surface area (Å²) in [6.45, 7) is 4.32. The molecule has 0 aromatic carbocycles. The van der Waals surface area contributed by atoms with E-state index in [2.05, 4.69) is 47.0 Å². The summed E-state index contributed by atoms with van der Waals surface area (Å²) in [4.78, 5) is 10.9. The number of thioether (sulfide) groups is 1. The van der Waals surface area contributed by atoms with Crippen molar-refractivity contribution < 1.29 is 0 Å². The molecule has 1 N–H and O–H groups in total. The summed E-state index contributed by atoms with van der Waals surface area (Å²) in [5.74, 6) is 2.10. The maximum Gasteiger partial charge on any atom is 0.225 e. The van der Waals surface area contributed by atoms with Gasteiger partial charge in [-0.1, -0.05) is 6.92 Å². The standard InChI is InChI=1S/C14H18ClN3S2/c1-3-19-10-5-4-9(7-10)16-12-11-6-8(2)20-13(11)18-14(15)17-12/h6,9-10H,3-5,7H2,1-2H3,(H,16,17,18). The van der Waals surface area contributed by atoms with E-state index in [4.69, 9.17) is 11.6 Å². The molecule has 0 bridgehead atoms. The minimum absolute atomic E-state index is 0.333. The van der Waals surface area contributed by atoms with Crippen molar-refractivity contribution in [1.82, 2.24) is 9.97 Å². The largest absolute Gasteiger partial charge is 0.367 e. The Morgan fingerprint density at radius 3 is 3.10 bits per heavy atom. The molecule has 0 saturated heterocycles. The number of thiophene rings is 1. The fourth-order valence-electron chi connectivity index (χ4n) is 2.78. The fraction of sp³-hybridized carbons (Fsp3) is 0.571. The van der Waals surface area contributed by atoms with Gasteiger partial charge in [0.1, 0.15) is 10.6 Å². The number of hydrogen-bond acceptors (Lipinski definition) is 5. The number of anilines is 1. The van der Waals surface area contributed by atoms with E-state index in [0.717, 1.165) is 21.3 Å². The van der Waals surface area contributed by atoms with Crippen molar-refractivity contribution in [2.24, 2.45) is 0 Å². The molecular formula is C14H18ClN3S2. The predicted octanol–water partition coefficient (Wildman–Crippen LogP) is 4.74. The Morgan fingerprint density at radius 1 is 1.45 bits per heavy atom. The van der Waals surface area contributed by atoms with Crippen molar-refractivity contribution >= 4 is 50.7 Å². The molecular weight excluding hydrogens is 310 g/mol. The average Bonchev–Trinajstić information content (AvgIpc) is 2.96. The van der Waals surface area contributed by atoms with Gasteiger partial charge in [-0.15, -0.1) is 11.3 Å². The first-order valence-electron chi connectivity index (χ1n) is 6.97. The number of nitrogens with zero attached hydrogens (tertiary/aromatic N) is 2. The van der Waals surface area contributed by atoms with Gasteiger partial charge >= 0.3 is 0 Å². The minimum atomic E-state index is 0.333. The Kier molecular flexibility index (Phi) is 4.38. The molecule has 2 aromatic rings. The summed E-state index contributed by atoms with van der Waals surface area (Å²) in [6.07, 6.45) is 3.72. The third kappa shape index (κ3) is 3.05. The van der Waals surface area contributed by atoms with Crippen molar-refractivity contribution in [3.63, 3.8) is 0 Å². The molecule has 0 amide bonds. The first-order valence-corrected chi connectivity index (χ1v) is 9.22. The number of rotatable bonds is 4. The number of nitrogens with one attached hydrogen (secondary N) is 1. The summed E-state index contributed by atoms with van der Waals surface area (Å²) >= 11 is 9.77. The molecule has 2 unspecified atom stereocenters. The first-order chi connectivity index (χ1) is 9.65. The lowest BCUT2D eigenvalue weighted by molar-refractivity contribution is 0.753. The minimum Gasteiger partial charge on any atom is -0.367 e. The van der Waals surface area contributed by atoms with E-state index in [1.807, 2.05) is 0 Å². The van der Waals surface area contributed by atoms with E-state index < -0.39 is 0 Å². The van der Waals surface area contributed by atoms with Crippen LogP contribution in [0.15, 0.2) is 6.07 Å². The van der Waals surface area contributed by atoms with E-state index in [0.29, 0.717) is 11.3 Å². The highest BCUT2D eigenvalue weighted by atomic mass is 35.5. The molecule has 1 aliphatic rings. The molecule has 20 heavy (non-hydrogen) atoms. The van der Waals surface area contributed by atoms with Gasteiger partial charge < -0.3 is 5.32 Å². The molecule has 3 rings (SSSR count). The number of hydrogen-bond donors (Lipinski definition) is 1. The van der Waals surface area contributed by atoms with Gasteiger partial charge in [0.25, 0.3) is 0 Å². The van der Waals surface area contributed by atoms with Crippen LogP contribution in [0.5, 0.6) is 0 Å². The number of aromatic nitrogens is 2. The van der Waals surface area contributed by atoms with E-state index >= 15 is 0 Å². The number of halogens is 1. The zero-order valence-electron chi connectivity index (χ0n) is 11.6. The zero-order chi connectivity index (χ0) is 14.1. The Labute approximate surface area is 132 Å². The van der Waals surface area contributed by atoms with E-state index in [-0.39, 0.29) is 0 Å². The second-order valence-electron chi connectivity index (χ2n) is 5.15.